The van der Waals surface area contributed by atoms with E-state index in [2.05, 4.69) is 162 Å². The summed E-state index contributed by atoms with van der Waals surface area (Å²) in [6.07, 6.45) is 8.86. The van der Waals surface area contributed by atoms with E-state index in [0.29, 0.717) is 17.5 Å². The van der Waals surface area contributed by atoms with E-state index >= 15 is 0 Å². The van der Waals surface area contributed by atoms with E-state index in [0.717, 1.165) is 78.1 Å². The first-order valence-electron chi connectivity index (χ1n) is 20.5. The number of nitrogens with zero attached hydrogens (tertiary/aromatic N) is 4. The number of nitriles is 2. The van der Waals surface area contributed by atoms with Crippen LogP contribution in [-0.2, 0) is 6.42 Å². The van der Waals surface area contributed by atoms with Crippen LogP contribution < -0.4 is 0 Å². The number of hydrogen-bond acceptors (Lipinski definition) is 4. The maximum atomic E-state index is 11.8. The molecular formula is C54H32N4S2. The standard InChI is InChI=1S/C54H32N4S2/c1-2-30-18-19-40-49-27-33(30)24-31-10-9-11-32(28-55)50(31)34-25-44(41(29-56)45(26-34)58-43-16-7-4-13-36(43)38-21-23-48(60-49)52(40)54(38)58)57-42-15-6-3-12-35(42)37-20-22-47-51(53(37)57)39-14-5-8-17-46(39)59-47/h3-23,25-27,30H,2,24H2,1H3. The van der Waals surface area contributed by atoms with Crippen molar-refractivity contribution in [3.8, 4) is 34.6 Å². The van der Waals surface area contributed by atoms with Crippen molar-refractivity contribution in [1.29, 1.82) is 10.5 Å². The lowest BCUT2D eigenvalue weighted by Gasteiger charge is -2.22. The van der Waals surface area contributed by atoms with Crippen LogP contribution in [0.3, 0.4) is 0 Å². The van der Waals surface area contributed by atoms with Crippen molar-refractivity contribution >= 4 is 109 Å². The molecule has 13 rings (SSSR count). The molecule has 1 aliphatic carbocycles. The summed E-state index contributed by atoms with van der Waals surface area (Å²) in [7, 11) is 0. The van der Waals surface area contributed by atoms with Gasteiger partial charge in [0, 0.05) is 67.8 Å². The lowest BCUT2D eigenvalue weighted by Crippen LogP contribution is -2.07. The fraction of sp³-hybridized carbons (Fsp3) is 0.0741. The van der Waals surface area contributed by atoms with E-state index < -0.39 is 0 Å². The molecule has 1 unspecified atom stereocenters. The van der Waals surface area contributed by atoms with Gasteiger partial charge >= 0.3 is 0 Å². The maximum Gasteiger partial charge on any atom is 0.104 e. The Balaban J connectivity index is 1.30. The van der Waals surface area contributed by atoms with E-state index in [9.17, 15) is 10.5 Å². The predicted octanol–water partition coefficient (Wildman–Crippen LogP) is 14.9. The molecule has 4 aromatic heterocycles. The summed E-state index contributed by atoms with van der Waals surface area (Å²) in [6, 6.07) is 50.9. The van der Waals surface area contributed by atoms with Crippen molar-refractivity contribution in [3.63, 3.8) is 0 Å². The Kier molecular flexibility index (Phi) is 6.97. The second kappa shape index (κ2) is 12.4. The molecule has 2 aliphatic rings. The molecule has 6 heteroatoms. The van der Waals surface area contributed by atoms with Crippen LogP contribution in [0.2, 0.25) is 0 Å². The molecule has 1 aliphatic heterocycles. The Morgan fingerprint density at radius 3 is 1.97 bits per heavy atom. The Hall–Kier alpha value is -7.22. The van der Waals surface area contributed by atoms with Gasteiger partial charge < -0.3 is 9.13 Å². The van der Waals surface area contributed by atoms with E-state index in [4.69, 9.17) is 0 Å². The molecule has 0 spiro atoms. The van der Waals surface area contributed by atoms with Crippen molar-refractivity contribution in [2.45, 2.75) is 19.8 Å². The Bertz CT molecular complexity index is 3880. The topological polar surface area (TPSA) is 57.4 Å². The molecule has 280 valence electrons. The minimum absolute atomic E-state index is 0.249. The lowest BCUT2D eigenvalue weighted by molar-refractivity contribution is 0.715. The second-order valence-corrected chi connectivity index (χ2v) is 18.2. The fourth-order valence-electron chi connectivity index (χ4n) is 10.5. The van der Waals surface area contributed by atoms with Crippen molar-refractivity contribution in [2.24, 2.45) is 5.92 Å². The molecular weight excluding hydrogens is 769 g/mol. The molecule has 0 saturated heterocycles. The van der Waals surface area contributed by atoms with Crippen LogP contribution in [-0.4, -0.2) is 9.13 Å². The number of allylic oxidation sites excluding steroid dienone is 2. The highest BCUT2D eigenvalue weighted by Gasteiger charge is 2.29. The highest BCUT2D eigenvalue weighted by Crippen LogP contribution is 2.49. The summed E-state index contributed by atoms with van der Waals surface area (Å²) in [5.41, 5.74) is 12.6. The SMILES string of the molecule is CCC1C=Cc2c3sc4ccc5c6ccccc6n(c5c24)-c2cc(cc(-n4c5ccccc5c5ccc6sc7ccccc7c6c54)c2C#N)-c2c(C#N)cccc2CC1=C3. The predicted molar refractivity (Wildman–Crippen MR) is 253 cm³/mol. The summed E-state index contributed by atoms with van der Waals surface area (Å²) in [6.45, 7) is 2.27. The number of fused-ring (bicyclic) bond motifs is 15. The zero-order valence-corrected chi connectivity index (χ0v) is 34.1. The van der Waals surface area contributed by atoms with Crippen LogP contribution in [0, 0.1) is 28.6 Å². The van der Waals surface area contributed by atoms with Crippen LogP contribution in [0.15, 0.2) is 139 Å². The van der Waals surface area contributed by atoms with Crippen molar-refractivity contribution in [1.82, 2.24) is 9.13 Å². The largest absolute Gasteiger partial charge is 0.307 e. The van der Waals surface area contributed by atoms with Gasteiger partial charge in [-0.3, -0.25) is 0 Å². The van der Waals surface area contributed by atoms with Gasteiger partial charge in [-0.25, -0.2) is 0 Å². The highest BCUT2D eigenvalue weighted by molar-refractivity contribution is 7.26. The Labute approximate surface area is 353 Å². The first kappa shape index (κ1) is 33.7. The molecule has 0 amide bonds. The molecule has 0 saturated carbocycles. The van der Waals surface area contributed by atoms with E-state index in [1.807, 2.05) is 23.5 Å². The molecule has 5 heterocycles. The minimum atomic E-state index is 0.249. The van der Waals surface area contributed by atoms with Gasteiger partial charge in [-0.2, -0.15) is 10.5 Å². The molecule has 0 fully saturated rings. The van der Waals surface area contributed by atoms with Gasteiger partial charge in [0.15, 0.2) is 0 Å². The summed E-state index contributed by atoms with van der Waals surface area (Å²) in [5, 5.41) is 30.9. The summed E-state index contributed by atoms with van der Waals surface area (Å²) >= 11 is 3.65. The average molecular weight is 801 g/mol. The van der Waals surface area contributed by atoms with Crippen LogP contribution in [0.1, 0.15) is 40.5 Å². The molecule has 1 atom stereocenters. The molecule has 4 nitrogen and oxygen atoms in total. The zero-order chi connectivity index (χ0) is 39.8. The van der Waals surface area contributed by atoms with Crippen molar-refractivity contribution in [3.05, 3.63) is 166 Å². The molecule has 60 heavy (non-hydrogen) atoms. The zero-order valence-electron chi connectivity index (χ0n) is 32.5. The Morgan fingerprint density at radius 1 is 0.633 bits per heavy atom. The Morgan fingerprint density at radius 2 is 1.28 bits per heavy atom. The van der Waals surface area contributed by atoms with Gasteiger partial charge in [-0.1, -0.05) is 104 Å². The first-order valence-corrected chi connectivity index (χ1v) is 22.1. The number of rotatable bonds is 2. The molecule has 11 aromatic rings. The van der Waals surface area contributed by atoms with Gasteiger partial charge in [0.1, 0.15) is 11.6 Å². The number of aromatic nitrogens is 2. The molecule has 0 N–H and O–H groups in total. The van der Waals surface area contributed by atoms with E-state index in [1.54, 1.807) is 11.3 Å². The third kappa shape index (κ3) is 4.42. The number of para-hydroxylation sites is 2. The lowest BCUT2D eigenvalue weighted by atomic mass is 9.85. The first-order chi connectivity index (χ1) is 29.6. The normalized spacial score (nSPS) is 14.6. The smallest absolute Gasteiger partial charge is 0.104 e. The fourth-order valence-corrected chi connectivity index (χ4v) is 12.8. The van der Waals surface area contributed by atoms with Crippen LogP contribution in [0.25, 0.3) is 109 Å². The van der Waals surface area contributed by atoms with Gasteiger partial charge in [0.05, 0.1) is 45.1 Å². The van der Waals surface area contributed by atoms with Crippen LogP contribution in [0.4, 0.5) is 0 Å². The van der Waals surface area contributed by atoms with Gasteiger partial charge in [0.25, 0.3) is 0 Å². The summed E-state index contributed by atoms with van der Waals surface area (Å²) < 4.78 is 8.38. The van der Waals surface area contributed by atoms with Gasteiger partial charge in [0.2, 0.25) is 0 Å². The van der Waals surface area contributed by atoms with Gasteiger partial charge in [-0.05, 0) is 84.5 Å². The minimum Gasteiger partial charge on any atom is -0.307 e. The molecule has 7 aromatic carbocycles. The third-order valence-electron chi connectivity index (χ3n) is 13.1. The maximum absolute atomic E-state index is 11.8. The third-order valence-corrected chi connectivity index (χ3v) is 15.4. The second-order valence-electron chi connectivity index (χ2n) is 16.1. The van der Waals surface area contributed by atoms with E-state index in [-0.39, 0.29) is 5.92 Å². The van der Waals surface area contributed by atoms with Gasteiger partial charge in [-0.15, -0.1) is 22.7 Å². The molecule has 6 bridgehead atoms. The number of benzene rings is 7. The van der Waals surface area contributed by atoms with Crippen molar-refractivity contribution in [2.75, 3.05) is 0 Å². The van der Waals surface area contributed by atoms with E-state index in [1.165, 1.54) is 46.3 Å². The summed E-state index contributed by atoms with van der Waals surface area (Å²) in [4.78, 5) is 1.25. The van der Waals surface area contributed by atoms with Crippen LogP contribution in [0.5, 0.6) is 0 Å². The highest BCUT2D eigenvalue weighted by atomic mass is 32.1. The number of hydrogen-bond donors (Lipinski definition) is 0. The average Bonchev–Trinajstić information content (AvgIpc) is 4.00. The van der Waals surface area contributed by atoms with Crippen molar-refractivity contribution < 1.29 is 0 Å². The molecule has 0 radical (unpaired) electrons. The van der Waals surface area contributed by atoms with Crippen LogP contribution >= 0.6 is 22.7 Å². The summed E-state index contributed by atoms with van der Waals surface area (Å²) in [5.74, 6) is 0.249. The quantitative estimate of drug-likeness (QED) is 0.175. The number of thiophene rings is 2. The monoisotopic (exact) mass is 800 g/mol.